The second-order valence-corrected chi connectivity index (χ2v) is 7.27. The topological polar surface area (TPSA) is 89.5 Å². The molecular weight excluding hydrogens is 354 g/mol. The molecule has 0 aliphatic carbocycles. The molecule has 4 rings (SSSR count). The van der Waals surface area contributed by atoms with E-state index in [-0.39, 0.29) is 24.3 Å². The van der Waals surface area contributed by atoms with Crippen LogP contribution in [0.1, 0.15) is 45.2 Å². The summed E-state index contributed by atoms with van der Waals surface area (Å²) in [6.45, 7) is 4.43. The van der Waals surface area contributed by atoms with Gasteiger partial charge in [0.1, 0.15) is 17.1 Å². The predicted molar refractivity (Wildman–Crippen MR) is 106 cm³/mol. The lowest BCUT2D eigenvalue weighted by atomic mass is 9.94. The summed E-state index contributed by atoms with van der Waals surface area (Å²) in [5.41, 5.74) is 5.52. The quantitative estimate of drug-likeness (QED) is 0.636. The van der Waals surface area contributed by atoms with Gasteiger partial charge in [0.25, 0.3) is 5.91 Å². The normalized spacial score (nSPS) is 15.9. The average molecular weight is 377 g/mol. The number of phenolic OH excluding ortho intramolecular Hbond substituents is 1. The van der Waals surface area contributed by atoms with Crippen molar-refractivity contribution in [3.63, 3.8) is 0 Å². The van der Waals surface area contributed by atoms with Crippen molar-refractivity contribution in [3.8, 4) is 17.0 Å². The van der Waals surface area contributed by atoms with Crippen LogP contribution in [-0.2, 0) is 0 Å². The summed E-state index contributed by atoms with van der Waals surface area (Å²) in [5, 5.41) is 27.0. The molecule has 1 atom stereocenters. The highest BCUT2D eigenvalue weighted by Crippen LogP contribution is 2.44. The number of nitrogens with one attached hydrogen (secondary N) is 1. The number of benzene rings is 2. The smallest absolute Gasteiger partial charge is 0.273 e. The molecule has 0 spiro atoms. The van der Waals surface area contributed by atoms with Gasteiger partial charge in [0.15, 0.2) is 0 Å². The molecule has 6 nitrogen and oxygen atoms in total. The van der Waals surface area contributed by atoms with Crippen molar-refractivity contribution in [2.24, 2.45) is 0 Å². The molecule has 6 heteroatoms. The zero-order chi connectivity index (χ0) is 19.8. The Labute approximate surface area is 163 Å². The van der Waals surface area contributed by atoms with E-state index in [0.29, 0.717) is 29.9 Å². The predicted octanol–water partition coefficient (Wildman–Crippen LogP) is 3.33. The Bertz CT molecular complexity index is 1020. The van der Waals surface area contributed by atoms with Gasteiger partial charge in [-0.2, -0.15) is 5.10 Å². The fourth-order valence-corrected chi connectivity index (χ4v) is 3.81. The first-order valence-corrected chi connectivity index (χ1v) is 9.38. The molecule has 1 aliphatic rings. The number of aryl methyl sites for hydroxylation is 2. The monoisotopic (exact) mass is 377 g/mol. The highest BCUT2D eigenvalue weighted by atomic mass is 16.3. The third kappa shape index (κ3) is 2.96. The molecule has 2 heterocycles. The van der Waals surface area contributed by atoms with E-state index in [1.165, 1.54) is 0 Å². The Morgan fingerprint density at radius 3 is 2.54 bits per heavy atom. The summed E-state index contributed by atoms with van der Waals surface area (Å²) < 4.78 is 0. The lowest BCUT2D eigenvalue weighted by Crippen LogP contribution is -2.31. The number of H-pyrrole nitrogens is 1. The van der Waals surface area contributed by atoms with Gasteiger partial charge in [0.2, 0.25) is 0 Å². The SMILES string of the molecule is Cc1ccc(C2c3c(-c4cc(C)ccc4O)n[nH]c3C(=O)N2CCCO)cc1. The molecule has 1 unspecified atom stereocenters. The molecule has 28 heavy (non-hydrogen) atoms. The van der Waals surface area contributed by atoms with E-state index in [4.69, 9.17) is 0 Å². The van der Waals surface area contributed by atoms with Crippen LogP contribution in [0.5, 0.6) is 5.75 Å². The second-order valence-electron chi connectivity index (χ2n) is 7.27. The molecule has 0 fully saturated rings. The second kappa shape index (κ2) is 7.13. The van der Waals surface area contributed by atoms with E-state index in [9.17, 15) is 15.0 Å². The number of aliphatic hydroxyl groups is 1. The molecule has 3 N–H and O–H groups in total. The standard InChI is InChI=1S/C22H23N3O3/c1-13-4-7-15(8-5-13)21-18-19(16-12-14(2)6-9-17(16)27)23-24-20(18)22(28)25(21)10-3-11-26/h4-9,12,21,26-27H,3,10-11H2,1-2H3,(H,23,24). The zero-order valence-corrected chi connectivity index (χ0v) is 15.9. The van der Waals surface area contributed by atoms with E-state index in [1.807, 2.05) is 50.2 Å². The van der Waals surface area contributed by atoms with Crippen LogP contribution in [-0.4, -0.2) is 44.4 Å². The van der Waals surface area contributed by atoms with Crippen LogP contribution in [0, 0.1) is 13.8 Å². The summed E-state index contributed by atoms with van der Waals surface area (Å²) in [6.07, 6.45) is 0.497. The minimum absolute atomic E-state index is 0.0160. The van der Waals surface area contributed by atoms with Crippen molar-refractivity contribution in [1.82, 2.24) is 15.1 Å². The Morgan fingerprint density at radius 2 is 1.82 bits per heavy atom. The Morgan fingerprint density at radius 1 is 1.11 bits per heavy atom. The summed E-state index contributed by atoms with van der Waals surface area (Å²) in [5.74, 6) is -0.0104. The fraction of sp³-hybridized carbons (Fsp3) is 0.273. The molecule has 144 valence electrons. The highest BCUT2D eigenvalue weighted by Gasteiger charge is 2.42. The van der Waals surface area contributed by atoms with Gasteiger partial charge < -0.3 is 15.1 Å². The number of amides is 1. The van der Waals surface area contributed by atoms with Crippen LogP contribution < -0.4 is 0 Å². The summed E-state index contributed by atoms with van der Waals surface area (Å²) in [4.78, 5) is 14.8. The van der Waals surface area contributed by atoms with Crippen molar-refractivity contribution in [2.75, 3.05) is 13.2 Å². The number of aliphatic hydroxyl groups excluding tert-OH is 1. The first-order valence-electron chi connectivity index (χ1n) is 9.38. The van der Waals surface area contributed by atoms with Crippen LogP contribution in [0.4, 0.5) is 0 Å². The number of aromatic nitrogens is 2. The molecule has 1 aromatic heterocycles. The summed E-state index contributed by atoms with van der Waals surface area (Å²) >= 11 is 0. The van der Waals surface area contributed by atoms with Crippen LogP contribution in [0.2, 0.25) is 0 Å². The number of rotatable bonds is 5. The maximum absolute atomic E-state index is 13.1. The van der Waals surface area contributed by atoms with Crippen molar-refractivity contribution in [1.29, 1.82) is 0 Å². The van der Waals surface area contributed by atoms with E-state index < -0.39 is 0 Å². The molecule has 0 bridgehead atoms. The number of phenols is 1. The molecule has 1 aliphatic heterocycles. The first kappa shape index (κ1) is 18.3. The minimum atomic E-state index is -0.316. The largest absolute Gasteiger partial charge is 0.507 e. The lowest BCUT2D eigenvalue weighted by molar-refractivity contribution is 0.0732. The van der Waals surface area contributed by atoms with Crippen LogP contribution in [0.3, 0.4) is 0 Å². The van der Waals surface area contributed by atoms with Crippen molar-refractivity contribution >= 4 is 5.91 Å². The van der Waals surface area contributed by atoms with Gasteiger partial charge in [0, 0.05) is 24.3 Å². The number of aromatic amines is 1. The van der Waals surface area contributed by atoms with E-state index >= 15 is 0 Å². The van der Waals surface area contributed by atoms with Gasteiger partial charge in [-0.05, 0) is 38.0 Å². The molecule has 0 radical (unpaired) electrons. The number of hydrogen-bond acceptors (Lipinski definition) is 4. The van der Waals surface area contributed by atoms with Crippen LogP contribution in [0.25, 0.3) is 11.3 Å². The molecule has 3 aromatic rings. The number of hydrogen-bond donors (Lipinski definition) is 3. The number of carbonyl (C=O) groups excluding carboxylic acids is 1. The number of nitrogens with zero attached hydrogens (tertiary/aromatic N) is 2. The Kier molecular flexibility index (Phi) is 4.65. The summed E-state index contributed by atoms with van der Waals surface area (Å²) in [7, 11) is 0. The van der Waals surface area contributed by atoms with Crippen molar-refractivity contribution in [2.45, 2.75) is 26.3 Å². The van der Waals surface area contributed by atoms with Gasteiger partial charge in [0.05, 0.1) is 6.04 Å². The number of aromatic hydroxyl groups is 1. The Hall–Kier alpha value is -3.12. The maximum Gasteiger partial charge on any atom is 0.273 e. The van der Waals surface area contributed by atoms with Gasteiger partial charge in [-0.1, -0.05) is 41.5 Å². The summed E-state index contributed by atoms with van der Waals surface area (Å²) in [6, 6.07) is 13.1. The van der Waals surface area contributed by atoms with Gasteiger partial charge in [-0.15, -0.1) is 0 Å². The lowest BCUT2D eigenvalue weighted by Gasteiger charge is -2.26. The van der Waals surface area contributed by atoms with Crippen LogP contribution >= 0.6 is 0 Å². The maximum atomic E-state index is 13.1. The number of carbonyl (C=O) groups is 1. The minimum Gasteiger partial charge on any atom is -0.507 e. The van der Waals surface area contributed by atoms with Crippen LogP contribution in [0.15, 0.2) is 42.5 Å². The third-order valence-electron chi connectivity index (χ3n) is 5.22. The molecule has 0 saturated heterocycles. The van der Waals surface area contributed by atoms with Crippen molar-refractivity contribution < 1.29 is 15.0 Å². The average Bonchev–Trinajstić information content (AvgIpc) is 3.22. The van der Waals surface area contributed by atoms with Gasteiger partial charge in [-0.3, -0.25) is 9.89 Å². The van der Waals surface area contributed by atoms with Gasteiger partial charge >= 0.3 is 0 Å². The van der Waals surface area contributed by atoms with E-state index in [0.717, 1.165) is 22.3 Å². The van der Waals surface area contributed by atoms with Crippen molar-refractivity contribution in [3.05, 3.63) is 70.4 Å². The third-order valence-corrected chi connectivity index (χ3v) is 5.22. The molecule has 2 aromatic carbocycles. The fourth-order valence-electron chi connectivity index (χ4n) is 3.81. The highest BCUT2D eigenvalue weighted by molar-refractivity contribution is 6.00. The zero-order valence-electron chi connectivity index (χ0n) is 15.9. The molecule has 0 saturated carbocycles. The number of fused-ring (bicyclic) bond motifs is 1. The molecule has 1 amide bonds. The first-order chi connectivity index (χ1) is 13.5. The Balaban J connectivity index is 1.89. The molecular formula is C22H23N3O3. The van der Waals surface area contributed by atoms with E-state index in [1.54, 1.807) is 11.0 Å². The van der Waals surface area contributed by atoms with Gasteiger partial charge in [-0.25, -0.2) is 0 Å². The van der Waals surface area contributed by atoms with E-state index in [2.05, 4.69) is 10.2 Å².